The van der Waals surface area contributed by atoms with E-state index in [0.29, 0.717) is 0 Å². The van der Waals surface area contributed by atoms with Gasteiger partial charge < -0.3 is 0 Å². The SMILES string of the molecule is Cc1cccc(-c2ccc(CN3CCc4nc(C(C)(C)C)ncc4C3)s2)c1. The summed E-state index contributed by atoms with van der Waals surface area (Å²) in [6.45, 7) is 11.7. The van der Waals surface area contributed by atoms with E-state index in [4.69, 9.17) is 4.98 Å². The van der Waals surface area contributed by atoms with Crippen molar-refractivity contribution in [3.63, 3.8) is 0 Å². The van der Waals surface area contributed by atoms with Gasteiger partial charge in [-0.05, 0) is 24.6 Å². The fraction of sp³-hybridized carbons (Fsp3) is 0.391. The van der Waals surface area contributed by atoms with Gasteiger partial charge in [-0.1, -0.05) is 50.6 Å². The molecule has 1 aliphatic heterocycles. The average Bonchev–Trinajstić information content (AvgIpc) is 3.09. The van der Waals surface area contributed by atoms with Gasteiger partial charge in [-0.3, -0.25) is 4.90 Å². The van der Waals surface area contributed by atoms with E-state index in [9.17, 15) is 0 Å². The van der Waals surface area contributed by atoms with Crippen molar-refractivity contribution in [2.24, 2.45) is 0 Å². The molecule has 4 heteroatoms. The second-order valence-corrected chi connectivity index (χ2v) is 9.68. The van der Waals surface area contributed by atoms with Gasteiger partial charge in [0.1, 0.15) is 5.82 Å². The zero-order valence-electron chi connectivity index (χ0n) is 16.6. The number of hydrogen-bond acceptors (Lipinski definition) is 4. The average molecular weight is 378 g/mol. The van der Waals surface area contributed by atoms with E-state index in [-0.39, 0.29) is 5.41 Å². The lowest BCUT2D eigenvalue weighted by molar-refractivity contribution is 0.244. The maximum atomic E-state index is 4.84. The van der Waals surface area contributed by atoms with E-state index in [2.05, 4.69) is 74.0 Å². The van der Waals surface area contributed by atoms with E-state index < -0.39 is 0 Å². The van der Waals surface area contributed by atoms with Crippen LogP contribution in [0.3, 0.4) is 0 Å². The van der Waals surface area contributed by atoms with Crippen molar-refractivity contribution in [3.8, 4) is 10.4 Å². The maximum absolute atomic E-state index is 4.84. The summed E-state index contributed by atoms with van der Waals surface area (Å²) in [5, 5.41) is 0. The van der Waals surface area contributed by atoms with Crippen LogP contribution in [0.2, 0.25) is 0 Å². The first kappa shape index (κ1) is 18.3. The standard InChI is InChI=1S/C23H27N3S/c1-16-6-5-7-17(12-16)21-9-8-19(27-21)15-26-11-10-20-18(14-26)13-24-22(25-20)23(2,3)4/h5-9,12-13H,10-11,14-15H2,1-4H3. The topological polar surface area (TPSA) is 29.0 Å². The zero-order chi connectivity index (χ0) is 19.0. The Morgan fingerprint density at radius 2 is 2.00 bits per heavy atom. The molecule has 1 aromatic carbocycles. The second-order valence-electron chi connectivity index (χ2n) is 8.51. The number of thiophene rings is 1. The molecule has 0 N–H and O–H groups in total. The highest BCUT2D eigenvalue weighted by Crippen LogP contribution is 2.30. The quantitative estimate of drug-likeness (QED) is 0.614. The third kappa shape index (κ3) is 4.12. The lowest BCUT2D eigenvalue weighted by Crippen LogP contribution is -2.31. The molecule has 0 saturated heterocycles. The molecule has 0 amide bonds. The predicted molar refractivity (Wildman–Crippen MR) is 113 cm³/mol. The minimum Gasteiger partial charge on any atom is -0.293 e. The minimum absolute atomic E-state index is 0.00925. The number of rotatable bonds is 3. The third-order valence-electron chi connectivity index (χ3n) is 5.03. The van der Waals surface area contributed by atoms with Crippen molar-refractivity contribution < 1.29 is 0 Å². The molecular weight excluding hydrogens is 350 g/mol. The van der Waals surface area contributed by atoms with Gasteiger partial charge in [0, 0.05) is 58.7 Å². The van der Waals surface area contributed by atoms with Gasteiger partial charge in [0.05, 0.1) is 0 Å². The first-order valence-corrected chi connectivity index (χ1v) is 10.4. The van der Waals surface area contributed by atoms with Crippen molar-refractivity contribution in [1.29, 1.82) is 0 Å². The van der Waals surface area contributed by atoms with Crippen LogP contribution in [0.25, 0.3) is 10.4 Å². The van der Waals surface area contributed by atoms with Crippen molar-refractivity contribution in [2.75, 3.05) is 6.54 Å². The first-order valence-electron chi connectivity index (χ1n) is 9.62. The van der Waals surface area contributed by atoms with Crippen molar-refractivity contribution >= 4 is 11.3 Å². The normalized spacial score (nSPS) is 15.0. The molecule has 0 spiro atoms. The summed E-state index contributed by atoms with van der Waals surface area (Å²) in [6, 6.07) is 13.3. The van der Waals surface area contributed by atoms with Crippen LogP contribution in [0.5, 0.6) is 0 Å². The van der Waals surface area contributed by atoms with E-state index in [0.717, 1.165) is 31.9 Å². The molecule has 140 valence electrons. The van der Waals surface area contributed by atoms with Crippen LogP contribution in [0.15, 0.2) is 42.6 Å². The van der Waals surface area contributed by atoms with Gasteiger partial charge in [-0.2, -0.15) is 0 Å². The van der Waals surface area contributed by atoms with Crippen LogP contribution >= 0.6 is 11.3 Å². The first-order chi connectivity index (χ1) is 12.9. The van der Waals surface area contributed by atoms with Crippen LogP contribution < -0.4 is 0 Å². The molecule has 27 heavy (non-hydrogen) atoms. The summed E-state index contributed by atoms with van der Waals surface area (Å²) in [7, 11) is 0. The minimum atomic E-state index is 0.00925. The number of aryl methyl sites for hydroxylation is 1. The molecule has 0 saturated carbocycles. The van der Waals surface area contributed by atoms with Gasteiger partial charge in [0.25, 0.3) is 0 Å². The zero-order valence-corrected chi connectivity index (χ0v) is 17.4. The largest absolute Gasteiger partial charge is 0.293 e. The molecule has 0 atom stereocenters. The van der Waals surface area contributed by atoms with Gasteiger partial charge >= 0.3 is 0 Å². The van der Waals surface area contributed by atoms with Gasteiger partial charge in [0.2, 0.25) is 0 Å². The van der Waals surface area contributed by atoms with Crippen LogP contribution in [0, 0.1) is 6.92 Å². The fourth-order valence-electron chi connectivity index (χ4n) is 3.51. The van der Waals surface area contributed by atoms with E-state index >= 15 is 0 Å². The molecule has 3 heterocycles. The van der Waals surface area contributed by atoms with Gasteiger partial charge in [-0.15, -0.1) is 11.3 Å². The Balaban J connectivity index is 1.46. The Bertz CT molecular complexity index is 952. The summed E-state index contributed by atoms with van der Waals surface area (Å²) in [4.78, 5) is 14.7. The van der Waals surface area contributed by atoms with Crippen LogP contribution in [0.4, 0.5) is 0 Å². The summed E-state index contributed by atoms with van der Waals surface area (Å²) >= 11 is 1.90. The molecule has 3 aromatic rings. The number of hydrogen-bond donors (Lipinski definition) is 0. The molecule has 2 aromatic heterocycles. The number of nitrogens with zero attached hydrogens (tertiary/aromatic N) is 3. The highest BCUT2D eigenvalue weighted by molar-refractivity contribution is 7.15. The highest BCUT2D eigenvalue weighted by Gasteiger charge is 2.23. The predicted octanol–water partition coefficient (Wildman–Crippen LogP) is 5.37. The Morgan fingerprint density at radius 3 is 2.78 bits per heavy atom. The molecule has 0 bridgehead atoms. The molecule has 0 radical (unpaired) electrons. The molecule has 0 fully saturated rings. The molecule has 0 unspecified atom stereocenters. The summed E-state index contributed by atoms with van der Waals surface area (Å²) in [6.07, 6.45) is 3.05. The Labute approximate surface area is 166 Å². The number of fused-ring (bicyclic) bond motifs is 1. The Kier molecular flexibility index (Phi) is 4.87. The number of benzene rings is 1. The highest BCUT2D eigenvalue weighted by atomic mass is 32.1. The molecule has 4 rings (SSSR count). The number of aromatic nitrogens is 2. The van der Waals surface area contributed by atoms with E-state index in [1.54, 1.807) is 0 Å². The monoisotopic (exact) mass is 377 g/mol. The Hall–Kier alpha value is -2.04. The van der Waals surface area contributed by atoms with Crippen molar-refractivity contribution in [2.45, 2.75) is 52.6 Å². The van der Waals surface area contributed by atoms with Crippen LogP contribution in [0.1, 0.15) is 48.3 Å². The van der Waals surface area contributed by atoms with E-state index in [1.807, 2.05) is 17.5 Å². The van der Waals surface area contributed by atoms with Gasteiger partial charge in [-0.25, -0.2) is 9.97 Å². The summed E-state index contributed by atoms with van der Waals surface area (Å²) < 4.78 is 0. The fourth-order valence-corrected chi connectivity index (χ4v) is 4.55. The van der Waals surface area contributed by atoms with Crippen molar-refractivity contribution in [1.82, 2.24) is 14.9 Å². The molecule has 3 nitrogen and oxygen atoms in total. The second kappa shape index (κ2) is 7.17. The smallest absolute Gasteiger partial charge is 0.133 e. The van der Waals surface area contributed by atoms with E-state index in [1.165, 1.54) is 32.1 Å². The van der Waals surface area contributed by atoms with Crippen LogP contribution in [-0.4, -0.2) is 21.4 Å². The third-order valence-corrected chi connectivity index (χ3v) is 6.15. The maximum Gasteiger partial charge on any atom is 0.133 e. The molecule has 0 aliphatic carbocycles. The molecular formula is C23H27N3S. The van der Waals surface area contributed by atoms with Crippen LogP contribution in [-0.2, 0) is 24.9 Å². The molecule has 1 aliphatic rings. The lowest BCUT2D eigenvalue weighted by Gasteiger charge is -2.28. The van der Waals surface area contributed by atoms with Crippen molar-refractivity contribution in [3.05, 3.63) is 70.1 Å². The van der Waals surface area contributed by atoms with Gasteiger partial charge in [0.15, 0.2) is 0 Å². The summed E-state index contributed by atoms with van der Waals surface area (Å²) in [5.41, 5.74) is 5.15. The Morgan fingerprint density at radius 1 is 1.15 bits per heavy atom. The summed E-state index contributed by atoms with van der Waals surface area (Å²) in [5.74, 6) is 0.954. The lowest BCUT2D eigenvalue weighted by atomic mass is 9.95.